The van der Waals surface area contributed by atoms with Gasteiger partial charge in [0.15, 0.2) is 0 Å². The maximum Gasteiger partial charge on any atom is 0.138 e. The minimum Gasteiger partial charge on any atom is -0.341 e. The predicted octanol–water partition coefficient (Wildman–Crippen LogP) is 3.57. The van der Waals surface area contributed by atoms with Crippen molar-refractivity contribution in [1.82, 2.24) is 19.2 Å². The molecule has 0 bridgehead atoms. The van der Waals surface area contributed by atoms with Crippen molar-refractivity contribution in [3.8, 4) is 5.69 Å². The summed E-state index contributed by atoms with van der Waals surface area (Å²) in [4.78, 5) is 4.48. The van der Waals surface area contributed by atoms with Gasteiger partial charge < -0.3 is 5.32 Å². The second kappa shape index (κ2) is 5.04. The molecule has 0 amide bonds. The fourth-order valence-corrected chi connectivity index (χ4v) is 2.53. The lowest BCUT2D eigenvalue weighted by Gasteiger charge is -2.10. The third-order valence-corrected chi connectivity index (χ3v) is 3.50. The highest BCUT2D eigenvalue weighted by Gasteiger charge is 2.04. The average molecular weight is 289 g/mol. The molecule has 0 aliphatic carbocycles. The van der Waals surface area contributed by atoms with E-state index in [2.05, 4.69) is 25.9 Å². The Kier molecular flexibility index (Phi) is 2.89. The maximum atomic E-state index is 4.48. The third-order valence-electron chi connectivity index (χ3n) is 3.50. The lowest BCUT2D eigenvalue weighted by molar-refractivity contribution is 0.881. The molecule has 5 nitrogen and oxygen atoms in total. The van der Waals surface area contributed by atoms with E-state index in [0.717, 1.165) is 28.5 Å². The van der Waals surface area contributed by atoms with Gasteiger partial charge in [-0.2, -0.15) is 5.10 Å². The summed E-state index contributed by atoms with van der Waals surface area (Å²) in [5.41, 5.74) is 3.96. The van der Waals surface area contributed by atoms with Crippen LogP contribution >= 0.6 is 0 Å². The Morgan fingerprint density at radius 2 is 1.95 bits per heavy atom. The molecular weight excluding hydrogens is 274 g/mol. The highest BCUT2D eigenvalue weighted by Crippen LogP contribution is 2.20. The molecule has 0 atom stereocenters. The molecule has 0 spiro atoms. The van der Waals surface area contributed by atoms with Crippen LogP contribution in [0, 0.1) is 6.92 Å². The van der Waals surface area contributed by atoms with Crippen LogP contribution in [-0.2, 0) is 0 Å². The monoisotopic (exact) mass is 289 g/mol. The Hall–Kier alpha value is -3.08. The van der Waals surface area contributed by atoms with Gasteiger partial charge >= 0.3 is 0 Å². The Labute approximate surface area is 127 Å². The number of pyridine rings is 1. The molecule has 0 unspecified atom stereocenters. The van der Waals surface area contributed by atoms with E-state index in [-0.39, 0.29) is 0 Å². The fourth-order valence-electron chi connectivity index (χ4n) is 2.53. The van der Waals surface area contributed by atoms with Gasteiger partial charge in [0, 0.05) is 24.3 Å². The molecule has 4 aromatic rings. The van der Waals surface area contributed by atoms with E-state index in [9.17, 15) is 0 Å². The van der Waals surface area contributed by atoms with Crippen molar-refractivity contribution in [1.29, 1.82) is 0 Å². The predicted molar refractivity (Wildman–Crippen MR) is 86.8 cm³/mol. The van der Waals surface area contributed by atoms with E-state index >= 15 is 0 Å². The number of benzene rings is 1. The molecule has 3 aromatic heterocycles. The van der Waals surface area contributed by atoms with Crippen LogP contribution in [0.1, 0.15) is 5.69 Å². The van der Waals surface area contributed by atoms with Gasteiger partial charge in [-0.05, 0) is 43.3 Å². The Morgan fingerprint density at radius 3 is 2.82 bits per heavy atom. The van der Waals surface area contributed by atoms with Gasteiger partial charge in [-0.25, -0.2) is 9.67 Å². The number of hydrogen-bond acceptors (Lipinski definition) is 3. The van der Waals surface area contributed by atoms with Gasteiger partial charge in [-0.3, -0.25) is 4.40 Å². The summed E-state index contributed by atoms with van der Waals surface area (Å²) in [5.74, 6) is 0.982. The molecule has 4 rings (SSSR count). The number of anilines is 2. The lowest BCUT2D eigenvalue weighted by Crippen LogP contribution is -1.99. The third kappa shape index (κ3) is 2.22. The smallest absolute Gasteiger partial charge is 0.138 e. The molecule has 0 saturated heterocycles. The first-order chi connectivity index (χ1) is 10.8. The summed E-state index contributed by atoms with van der Waals surface area (Å²) >= 11 is 0. The highest BCUT2D eigenvalue weighted by molar-refractivity contribution is 5.62. The van der Waals surface area contributed by atoms with Gasteiger partial charge in [0.2, 0.25) is 0 Å². The van der Waals surface area contributed by atoms with Crippen LogP contribution in [0.5, 0.6) is 0 Å². The molecule has 0 aliphatic rings. The molecule has 5 heteroatoms. The number of aromatic nitrogens is 4. The van der Waals surface area contributed by atoms with E-state index in [1.165, 1.54) is 0 Å². The first-order valence-corrected chi connectivity index (χ1v) is 7.11. The van der Waals surface area contributed by atoms with Crippen LogP contribution < -0.4 is 5.32 Å². The summed E-state index contributed by atoms with van der Waals surface area (Å²) in [6.45, 7) is 2.00. The maximum absolute atomic E-state index is 4.48. The number of aryl methyl sites for hydroxylation is 1. The van der Waals surface area contributed by atoms with E-state index in [1.54, 1.807) is 6.20 Å². The summed E-state index contributed by atoms with van der Waals surface area (Å²) < 4.78 is 3.89. The second-order valence-corrected chi connectivity index (χ2v) is 5.15. The number of nitrogens with zero attached hydrogens (tertiary/aromatic N) is 4. The van der Waals surface area contributed by atoms with Crippen molar-refractivity contribution in [3.05, 3.63) is 72.8 Å². The highest BCUT2D eigenvalue weighted by atomic mass is 15.3. The number of imidazole rings is 1. The van der Waals surface area contributed by atoms with Gasteiger partial charge in [0.05, 0.1) is 11.4 Å². The van der Waals surface area contributed by atoms with Gasteiger partial charge in [-0.1, -0.05) is 12.1 Å². The van der Waals surface area contributed by atoms with Crippen LogP contribution in [0.25, 0.3) is 11.3 Å². The zero-order chi connectivity index (χ0) is 14.9. The number of hydrogen-bond donors (Lipinski definition) is 1. The molecule has 1 N–H and O–H groups in total. The molecule has 3 heterocycles. The molecule has 1 aromatic carbocycles. The van der Waals surface area contributed by atoms with E-state index in [1.807, 2.05) is 66.5 Å². The fraction of sp³-hybridized carbons (Fsp3) is 0.0588. The first kappa shape index (κ1) is 12.6. The molecular formula is C17H15N5. The number of rotatable bonds is 3. The van der Waals surface area contributed by atoms with Crippen molar-refractivity contribution in [2.24, 2.45) is 0 Å². The topological polar surface area (TPSA) is 47.1 Å². The molecule has 0 saturated carbocycles. The summed E-state index contributed by atoms with van der Waals surface area (Å²) in [7, 11) is 0. The molecule has 108 valence electrons. The zero-order valence-electron chi connectivity index (χ0n) is 12.1. The summed E-state index contributed by atoms with van der Waals surface area (Å²) in [6.07, 6.45) is 5.73. The molecule has 22 heavy (non-hydrogen) atoms. The van der Waals surface area contributed by atoms with Gasteiger partial charge in [0.25, 0.3) is 0 Å². The van der Waals surface area contributed by atoms with Crippen molar-refractivity contribution < 1.29 is 0 Å². The SMILES string of the molecule is Cc1cn2c(Nc3cccc(-n4cccn4)c3)cccc2n1. The standard InChI is InChI=1S/C17H15N5/c1-13-12-21-16(19-13)7-3-8-17(21)20-14-5-2-6-15(11-14)22-10-4-9-18-22/h2-12,20H,1H3. The first-order valence-electron chi connectivity index (χ1n) is 7.11. The van der Waals surface area contributed by atoms with Crippen LogP contribution in [0.4, 0.5) is 11.5 Å². The summed E-state index contributed by atoms with van der Waals surface area (Å²) in [5, 5.41) is 7.71. The average Bonchev–Trinajstić information content (AvgIpc) is 3.16. The van der Waals surface area contributed by atoms with E-state index < -0.39 is 0 Å². The van der Waals surface area contributed by atoms with Crippen LogP contribution in [-0.4, -0.2) is 19.2 Å². The Balaban J connectivity index is 1.72. The zero-order valence-corrected chi connectivity index (χ0v) is 12.1. The minimum absolute atomic E-state index is 0.936. The van der Waals surface area contributed by atoms with Crippen molar-refractivity contribution in [2.75, 3.05) is 5.32 Å². The Morgan fingerprint density at radius 1 is 1.05 bits per heavy atom. The van der Waals surface area contributed by atoms with Crippen LogP contribution in [0.2, 0.25) is 0 Å². The summed E-state index contributed by atoms with van der Waals surface area (Å²) in [6, 6.07) is 16.1. The number of nitrogens with one attached hydrogen (secondary N) is 1. The van der Waals surface area contributed by atoms with Crippen molar-refractivity contribution in [3.63, 3.8) is 0 Å². The largest absolute Gasteiger partial charge is 0.341 e. The quantitative estimate of drug-likeness (QED) is 0.627. The van der Waals surface area contributed by atoms with Gasteiger partial charge in [-0.15, -0.1) is 0 Å². The lowest BCUT2D eigenvalue weighted by atomic mass is 10.2. The van der Waals surface area contributed by atoms with Crippen LogP contribution in [0.15, 0.2) is 67.1 Å². The van der Waals surface area contributed by atoms with Gasteiger partial charge in [0.1, 0.15) is 11.5 Å². The van der Waals surface area contributed by atoms with Crippen LogP contribution in [0.3, 0.4) is 0 Å². The molecule has 0 fully saturated rings. The van der Waals surface area contributed by atoms with Crippen molar-refractivity contribution in [2.45, 2.75) is 6.92 Å². The minimum atomic E-state index is 0.936. The van der Waals surface area contributed by atoms with E-state index in [4.69, 9.17) is 0 Å². The Bertz CT molecular complexity index is 921. The molecule has 0 radical (unpaired) electrons. The normalized spacial score (nSPS) is 11.0. The van der Waals surface area contributed by atoms with Crippen molar-refractivity contribution >= 4 is 17.2 Å². The molecule has 0 aliphatic heterocycles. The van der Waals surface area contributed by atoms with E-state index in [0.29, 0.717) is 0 Å². The number of fused-ring (bicyclic) bond motifs is 1. The second-order valence-electron chi connectivity index (χ2n) is 5.15.